The van der Waals surface area contributed by atoms with E-state index in [0.29, 0.717) is 15.6 Å². The second-order valence-corrected chi connectivity index (χ2v) is 4.30. The molecule has 0 spiro atoms. The summed E-state index contributed by atoms with van der Waals surface area (Å²) in [6.07, 6.45) is 1.88. The Hall–Kier alpha value is -1.07. The molecular formula is C10H12N2OS2. The third-order valence-corrected chi connectivity index (χ3v) is 2.85. The van der Waals surface area contributed by atoms with E-state index >= 15 is 0 Å². The van der Waals surface area contributed by atoms with Gasteiger partial charge in [-0.3, -0.25) is 5.43 Å². The molecule has 0 unspecified atom stereocenters. The molecule has 3 nitrogen and oxygen atoms in total. The van der Waals surface area contributed by atoms with Crippen LogP contribution in [0, 0.1) is 0 Å². The molecule has 0 saturated carbocycles. The predicted molar refractivity (Wildman–Crippen MR) is 69.6 cm³/mol. The number of nitrogens with one attached hydrogen (secondary N) is 1. The van der Waals surface area contributed by atoms with Gasteiger partial charge in [-0.1, -0.05) is 36.1 Å². The number of thioether (sulfide) groups is 1. The van der Waals surface area contributed by atoms with Gasteiger partial charge in [0.05, 0.1) is 5.71 Å². The number of hydrogen-bond donors (Lipinski definition) is 2. The number of thiocarbonyl (C=S) groups is 1. The number of phenolic OH excluding ortho intramolecular Hbond substituents is 1. The first-order chi connectivity index (χ1) is 7.15. The quantitative estimate of drug-likeness (QED) is 0.473. The molecule has 15 heavy (non-hydrogen) atoms. The van der Waals surface area contributed by atoms with Crippen LogP contribution in [0.1, 0.15) is 12.5 Å². The van der Waals surface area contributed by atoms with Crippen LogP contribution in [0.4, 0.5) is 0 Å². The number of hydrazone groups is 1. The molecule has 0 radical (unpaired) electrons. The Morgan fingerprint density at radius 2 is 2.13 bits per heavy atom. The molecule has 5 heteroatoms. The van der Waals surface area contributed by atoms with E-state index in [1.54, 1.807) is 18.2 Å². The van der Waals surface area contributed by atoms with Gasteiger partial charge in [0.25, 0.3) is 0 Å². The topological polar surface area (TPSA) is 44.6 Å². The zero-order chi connectivity index (χ0) is 11.3. The van der Waals surface area contributed by atoms with Gasteiger partial charge in [-0.2, -0.15) is 5.10 Å². The normalized spacial score (nSPS) is 11.2. The average Bonchev–Trinajstić information content (AvgIpc) is 2.26. The minimum absolute atomic E-state index is 0.218. The summed E-state index contributed by atoms with van der Waals surface area (Å²) in [7, 11) is 0. The lowest BCUT2D eigenvalue weighted by Gasteiger charge is -2.04. The third-order valence-electron chi connectivity index (χ3n) is 1.79. The molecular weight excluding hydrogens is 228 g/mol. The van der Waals surface area contributed by atoms with E-state index in [0.717, 1.165) is 0 Å². The standard InChI is InChI=1S/C10H12N2OS2/c1-7(11-12-10(14)15-2)8-5-3-4-6-9(8)13/h3-6,13H,1-2H3,(H,12,14)/b11-7+. The summed E-state index contributed by atoms with van der Waals surface area (Å²) in [4.78, 5) is 0. The zero-order valence-electron chi connectivity index (χ0n) is 8.52. The van der Waals surface area contributed by atoms with E-state index in [1.807, 2.05) is 19.2 Å². The Morgan fingerprint density at radius 3 is 2.73 bits per heavy atom. The van der Waals surface area contributed by atoms with Crippen molar-refractivity contribution in [3.8, 4) is 5.75 Å². The number of rotatable bonds is 2. The van der Waals surface area contributed by atoms with E-state index in [9.17, 15) is 5.11 Å². The van der Waals surface area contributed by atoms with Gasteiger partial charge in [0.2, 0.25) is 0 Å². The van der Waals surface area contributed by atoms with Crippen molar-refractivity contribution in [3.63, 3.8) is 0 Å². The number of nitrogens with zero attached hydrogens (tertiary/aromatic N) is 1. The summed E-state index contributed by atoms with van der Waals surface area (Å²) in [5.74, 6) is 0.218. The van der Waals surface area contributed by atoms with Crippen LogP contribution in [-0.4, -0.2) is 21.4 Å². The van der Waals surface area contributed by atoms with Gasteiger partial charge < -0.3 is 5.11 Å². The molecule has 80 valence electrons. The zero-order valence-corrected chi connectivity index (χ0v) is 10.2. The number of benzene rings is 1. The van der Waals surface area contributed by atoms with Gasteiger partial charge >= 0.3 is 0 Å². The lowest BCUT2D eigenvalue weighted by molar-refractivity contribution is 0.474. The molecule has 0 aromatic heterocycles. The SMILES string of the molecule is CSC(=S)N/N=C(\C)c1ccccc1O. The number of para-hydroxylation sites is 1. The monoisotopic (exact) mass is 240 g/mol. The maximum Gasteiger partial charge on any atom is 0.153 e. The van der Waals surface area contributed by atoms with Crippen molar-refractivity contribution >= 4 is 34.0 Å². The van der Waals surface area contributed by atoms with Crippen LogP contribution >= 0.6 is 24.0 Å². The predicted octanol–water partition coefficient (Wildman–Crippen LogP) is 2.35. The Morgan fingerprint density at radius 1 is 1.47 bits per heavy atom. The Bertz CT molecular complexity index is 391. The van der Waals surface area contributed by atoms with Gasteiger partial charge in [-0.05, 0) is 25.3 Å². The van der Waals surface area contributed by atoms with E-state index < -0.39 is 0 Å². The van der Waals surface area contributed by atoms with Crippen molar-refractivity contribution in [3.05, 3.63) is 29.8 Å². The van der Waals surface area contributed by atoms with Crippen LogP contribution < -0.4 is 5.43 Å². The van der Waals surface area contributed by atoms with E-state index in [1.165, 1.54) is 11.8 Å². The van der Waals surface area contributed by atoms with Crippen LogP contribution in [-0.2, 0) is 0 Å². The van der Waals surface area contributed by atoms with Crippen LogP contribution in [0.3, 0.4) is 0 Å². The van der Waals surface area contributed by atoms with E-state index in [4.69, 9.17) is 12.2 Å². The summed E-state index contributed by atoms with van der Waals surface area (Å²) in [6, 6.07) is 7.05. The first-order valence-corrected chi connectivity index (χ1v) is 5.95. The van der Waals surface area contributed by atoms with Crippen molar-refractivity contribution < 1.29 is 5.11 Å². The number of aromatic hydroxyl groups is 1. The Kier molecular flexibility index (Phi) is 4.58. The second-order valence-electron chi connectivity index (χ2n) is 2.82. The van der Waals surface area contributed by atoms with Gasteiger partial charge in [-0.15, -0.1) is 0 Å². The van der Waals surface area contributed by atoms with Crippen LogP contribution in [0.5, 0.6) is 5.75 Å². The fourth-order valence-electron chi connectivity index (χ4n) is 1.01. The maximum absolute atomic E-state index is 9.56. The van der Waals surface area contributed by atoms with Crippen molar-refractivity contribution in [1.82, 2.24) is 5.43 Å². The summed E-state index contributed by atoms with van der Waals surface area (Å²) < 4.78 is 0.602. The first-order valence-electron chi connectivity index (χ1n) is 4.31. The molecule has 2 N–H and O–H groups in total. The highest BCUT2D eigenvalue weighted by Crippen LogP contribution is 2.16. The Labute approximate surface area is 98.6 Å². The van der Waals surface area contributed by atoms with Gasteiger partial charge in [-0.25, -0.2) is 0 Å². The average molecular weight is 240 g/mol. The first kappa shape index (κ1) is 12.0. The van der Waals surface area contributed by atoms with Crippen molar-refractivity contribution in [2.45, 2.75) is 6.92 Å². The van der Waals surface area contributed by atoms with Gasteiger partial charge in [0.1, 0.15) is 5.75 Å². The molecule has 0 heterocycles. The van der Waals surface area contributed by atoms with Crippen LogP contribution in [0.2, 0.25) is 0 Å². The summed E-state index contributed by atoms with van der Waals surface area (Å²) in [6.45, 7) is 1.81. The molecule has 0 bridgehead atoms. The van der Waals surface area contributed by atoms with Crippen molar-refractivity contribution in [2.75, 3.05) is 6.26 Å². The van der Waals surface area contributed by atoms with E-state index in [2.05, 4.69) is 10.5 Å². The molecule has 0 aliphatic heterocycles. The Balaban J connectivity index is 2.80. The highest BCUT2D eigenvalue weighted by atomic mass is 32.2. The minimum atomic E-state index is 0.218. The summed E-state index contributed by atoms with van der Waals surface area (Å²) >= 11 is 6.36. The molecule has 0 amide bonds. The van der Waals surface area contributed by atoms with Gasteiger partial charge in [0.15, 0.2) is 4.32 Å². The second kappa shape index (κ2) is 5.72. The molecule has 0 aliphatic rings. The molecule has 0 aliphatic carbocycles. The molecule has 0 fully saturated rings. The fraction of sp³-hybridized carbons (Fsp3) is 0.200. The third kappa shape index (κ3) is 3.53. The minimum Gasteiger partial charge on any atom is -0.507 e. The van der Waals surface area contributed by atoms with Crippen LogP contribution in [0.15, 0.2) is 29.4 Å². The molecule has 0 saturated heterocycles. The molecule has 0 atom stereocenters. The van der Waals surface area contributed by atoms with Crippen LogP contribution in [0.25, 0.3) is 0 Å². The lowest BCUT2D eigenvalue weighted by Crippen LogP contribution is -2.13. The van der Waals surface area contributed by atoms with Crippen molar-refractivity contribution in [2.24, 2.45) is 5.10 Å². The molecule has 1 aromatic rings. The highest BCUT2D eigenvalue weighted by molar-refractivity contribution is 8.22. The largest absolute Gasteiger partial charge is 0.507 e. The van der Waals surface area contributed by atoms with Crippen molar-refractivity contribution in [1.29, 1.82) is 0 Å². The number of hydrogen-bond acceptors (Lipinski definition) is 4. The molecule has 1 aromatic carbocycles. The van der Waals surface area contributed by atoms with Gasteiger partial charge in [0, 0.05) is 5.56 Å². The highest BCUT2D eigenvalue weighted by Gasteiger charge is 2.02. The number of phenols is 1. The molecule has 1 rings (SSSR count). The summed E-state index contributed by atoms with van der Waals surface area (Å²) in [5.41, 5.74) is 4.13. The summed E-state index contributed by atoms with van der Waals surface area (Å²) in [5, 5.41) is 13.6. The fourth-order valence-corrected chi connectivity index (χ4v) is 1.20. The maximum atomic E-state index is 9.56. The van der Waals surface area contributed by atoms with E-state index in [-0.39, 0.29) is 5.75 Å². The smallest absolute Gasteiger partial charge is 0.153 e. The lowest BCUT2D eigenvalue weighted by atomic mass is 10.1.